The summed E-state index contributed by atoms with van der Waals surface area (Å²) in [6.07, 6.45) is 4.97. The van der Waals surface area contributed by atoms with Gasteiger partial charge in [0.05, 0.1) is 11.1 Å². The fraction of sp³-hybridized carbons (Fsp3) is 0.500. The van der Waals surface area contributed by atoms with Crippen LogP contribution in [0.2, 0.25) is 0 Å². The first-order valence-electron chi connectivity index (χ1n) is 7.25. The number of nitriles is 2. The lowest BCUT2D eigenvalue weighted by Gasteiger charge is -2.35. The van der Waals surface area contributed by atoms with Gasteiger partial charge in [-0.15, -0.1) is 0 Å². The van der Waals surface area contributed by atoms with Crippen LogP contribution < -0.4 is 5.32 Å². The summed E-state index contributed by atoms with van der Waals surface area (Å²) in [6, 6.07) is 10.8. The van der Waals surface area contributed by atoms with Gasteiger partial charge >= 0.3 is 0 Å². The van der Waals surface area contributed by atoms with Crippen molar-refractivity contribution < 1.29 is 0 Å². The third-order valence-corrected chi connectivity index (χ3v) is 4.45. The second-order valence-corrected chi connectivity index (χ2v) is 5.68. The summed E-state index contributed by atoms with van der Waals surface area (Å²) < 4.78 is 0. The van der Waals surface area contributed by atoms with Crippen molar-refractivity contribution in [2.24, 2.45) is 0 Å². The van der Waals surface area contributed by atoms with Gasteiger partial charge in [0.1, 0.15) is 12.1 Å². The third-order valence-electron chi connectivity index (χ3n) is 4.45. The van der Waals surface area contributed by atoms with Crippen LogP contribution in [0.1, 0.15) is 36.8 Å². The molecule has 2 aliphatic rings. The van der Waals surface area contributed by atoms with Crippen molar-refractivity contribution in [1.29, 1.82) is 10.5 Å². The van der Waals surface area contributed by atoms with Gasteiger partial charge in [0, 0.05) is 24.3 Å². The molecule has 0 radical (unpaired) electrons. The average Bonchev–Trinajstić information content (AvgIpc) is 2.94. The number of rotatable bonds is 2. The molecule has 0 bridgehead atoms. The van der Waals surface area contributed by atoms with E-state index in [0.29, 0.717) is 17.2 Å². The first-order chi connectivity index (χ1) is 9.80. The molecule has 2 heterocycles. The Morgan fingerprint density at radius 2 is 1.95 bits per heavy atom. The largest absolute Gasteiger partial charge is 0.382 e. The predicted molar refractivity (Wildman–Crippen MR) is 77.1 cm³/mol. The van der Waals surface area contributed by atoms with Crippen LogP contribution in [0.15, 0.2) is 18.2 Å². The highest BCUT2D eigenvalue weighted by Crippen LogP contribution is 2.28. The highest BCUT2D eigenvalue weighted by molar-refractivity contribution is 5.56. The van der Waals surface area contributed by atoms with E-state index in [1.54, 1.807) is 12.1 Å². The summed E-state index contributed by atoms with van der Waals surface area (Å²) in [5, 5.41) is 21.5. The Balaban J connectivity index is 1.69. The maximum atomic E-state index is 9.07. The van der Waals surface area contributed by atoms with Gasteiger partial charge in [0.15, 0.2) is 0 Å². The molecule has 2 saturated heterocycles. The Bertz CT molecular complexity index is 581. The molecule has 1 aromatic rings. The summed E-state index contributed by atoms with van der Waals surface area (Å²) in [4.78, 5) is 2.59. The monoisotopic (exact) mass is 266 g/mol. The second kappa shape index (κ2) is 5.53. The zero-order valence-corrected chi connectivity index (χ0v) is 11.5. The number of anilines is 1. The zero-order valence-electron chi connectivity index (χ0n) is 11.5. The number of benzene rings is 1. The number of piperidine rings is 1. The molecular weight excluding hydrogens is 248 g/mol. The third kappa shape index (κ3) is 2.48. The highest BCUT2D eigenvalue weighted by Gasteiger charge is 2.31. The lowest BCUT2D eigenvalue weighted by molar-refractivity contribution is 0.188. The Morgan fingerprint density at radius 3 is 2.75 bits per heavy atom. The number of nitrogens with zero attached hydrogens (tertiary/aromatic N) is 3. The molecule has 4 nitrogen and oxygen atoms in total. The van der Waals surface area contributed by atoms with Gasteiger partial charge in [-0.05, 0) is 50.4 Å². The summed E-state index contributed by atoms with van der Waals surface area (Å²) in [6.45, 7) is 2.43. The predicted octanol–water partition coefficient (Wildman–Crippen LogP) is 2.47. The molecule has 4 heteroatoms. The van der Waals surface area contributed by atoms with E-state index in [0.717, 1.165) is 18.2 Å². The normalized spacial score (nSPS) is 25.5. The van der Waals surface area contributed by atoms with Gasteiger partial charge in [0.25, 0.3) is 0 Å². The number of hydrogen-bond donors (Lipinski definition) is 1. The fourth-order valence-electron chi connectivity index (χ4n) is 3.42. The van der Waals surface area contributed by atoms with Crippen molar-refractivity contribution in [2.75, 3.05) is 18.4 Å². The quantitative estimate of drug-likeness (QED) is 0.893. The molecule has 0 amide bonds. The summed E-state index contributed by atoms with van der Waals surface area (Å²) in [5.41, 5.74) is 1.86. The minimum Gasteiger partial charge on any atom is -0.382 e. The van der Waals surface area contributed by atoms with Crippen LogP contribution in [0.3, 0.4) is 0 Å². The summed E-state index contributed by atoms with van der Waals surface area (Å²) in [7, 11) is 0. The van der Waals surface area contributed by atoms with Crippen molar-refractivity contribution in [2.45, 2.75) is 37.8 Å². The minimum atomic E-state index is 0.448. The molecule has 1 aromatic carbocycles. The van der Waals surface area contributed by atoms with E-state index in [4.69, 9.17) is 10.5 Å². The standard InChI is InChI=1S/C16H18N4/c17-10-12-3-4-14(8-13(12)11-18)19-15-5-7-20-6-1-2-16(20)9-15/h3-4,8,15-16,19H,1-2,5-7,9H2. The second-order valence-electron chi connectivity index (χ2n) is 5.68. The minimum absolute atomic E-state index is 0.448. The van der Waals surface area contributed by atoms with Crippen LogP contribution in [0, 0.1) is 22.7 Å². The Labute approximate surface area is 119 Å². The maximum absolute atomic E-state index is 9.07. The van der Waals surface area contributed by atoms with Gasteiger partial charge < -0.3 is 10.2 Å². The topological polar surface area (TPSA) is 62.9 Å². The Morgan fingerprint density at radius 1 is 1.10 bits per heavy atom. The first-order valence-corrected chi connectivity index (χ1v) is 7.25. The van der Waals surface area contributed by atoms with Crippen LogP contribution in [0.5, 0.6) is 0 Å². The van der Waals surface area contributed by atoms with Gasteiger partial charge in [-0.2, -0.15) is 10.5 Å². The highest BCUT2D eigenvalue weighted by atomic mass is 15.2. The smallest absolute Gasteiger partial charge is 0.101 e. The summed E-state index contributed by atoms with van der Waals surface area (Å²) in [5.74, 6) is 0. The lowest BCUT2D eigenvalue weighted by atomic mass is 9.97. The van der Waals surface area contributed by atoms with E-state index in [1.807, 2.05) is 6.07 Å². The van der Waals surface area contributed by atoms with Crippen molar-refractivity contribution in [3.63, 3.8) is 0 Å². The Hall–Kier alpha value is -2.04. The number of fused-ring (bicyclic) bond motifs is 1. The van der Waals surface area contributed by atoms with E-state index in [-0.39, 0.29) is 0 Å². The molecule has 0 spiro atoms. The van der Waals surface area contributed by atoms with Crippen LogP contribution in [-0.4, -0.2) is 30.1 Å². The van der Waals surface area contributed by atoms with Crippen molar-refractivity contribution in [1.82, 2.24) is 4.90 Å². The molecule has 0 aliphatic carbocycles. The van der Waals surface area contributed by atoms with Gasteiger partial charge in [0.2, 0.25) is 0 Å². The molecular formula is C16H18N4. The molecule has 0 saturated carbocycles. The molecule has 2 unspecified atom stereocenters. The van der Waals surface area contributed by atoms with Crippen LogP contribution in [0.4, 0.5) is 5.69 Å². The average molecular weight is 266 g/mol. The molecule has 102 valence electrons. The molecule has 20 heavy (non-hydrogen) atoms. The number of hydrogen-bond acceptors (Lipinski definition) is 4. The molecule has 3 rings (SSSR count). The van der Waals surface area contributed by atoms with E-state index in [1.165, 1.54) is 32.4 Å². The summed E-state index contributed by atoms with van der Waals surface area (Å²) >= 11 is 0. The maximum Gasteiger partial charge on any atom is 0.101 e. The number of nitrogens with one attached hydrogen (secondary N) is 1. The van der Waals surface area contributed by atoms with Gasteiger partial charge in [-0.1, -0.05) is 0 Å². The molecule has 2 atom stereocenters. The molecule has 0 aromatic heterocycles. The van der Waals surface area contributed by atoms with Crippen LogP contribution >= 0.6 is 0 Å². The lowest BCUT2D eigenvalue weighted by Crippen LogP contribution is -2.42. The van der Waals surface area contributed by atoms with Gasteiger partial charge in [-0.25, -0.2) is 0 Å². The van der Waals surface area contributed by atoms with E-state index < -0.39 is 0 Å². The molecule has 2 fully saturated rings. The van der Waals surface area contributed by atoms with Gasteiger partial charge in [-0.3, -0.25) is 0 Å². The first kappa shape index (κ1) is 13.0. The van der Waals surface area contributed by atoms with Crippen LogP contribution in [-0.2, 0) is 0 Å². The van der Waals surface area contributed by atoms with Crippen molar-refractivity contribution in [3.8, 4) is 12.1 Å². The van der Waals surface area contributed by atoms with E-state index in [2.05, 4.69) is 22.4 Å². The van der Waals surface area contributed by atoms with Crippen molar-refractivity contribution in [3.05, 3.63) is 29.3 Å². The van der Waals surface area contributed by atoms with E-state index in [9.17, 15) is 0 Å². The molecule has 1 N–H and O–H groups in total. The Kier molecular flexibility index (Phi) is 3.58. The van der Waals surface area contributed by atoms with Crippen molar-refractivity contribution >= 4 is 5.69 Å². The zero-order chi connectivity index (χ0) is 13.9. The fourth-order valence-corrected chi connectivity index (χ4v) is 3.42. The van der Waals surface area contributed by atoms with E-state index >= 15 is 0 Å². The SMILES string of the molecule is N#Cc1ccc(NC2CCN3CCCC3C2)cc1C#N. The molecule has 2 aliphatic heterocycles. The van der Waals surface area contributed by atoms with Crippen LogP contribution in [0.25, 0.3) is 0 Å².